The quantitative estimate of drug-likeness (QED) is 0.377. The van der Waals surface area contributed by atoms with E-state index in [0.717, 1.165) is 22.6 Å². The Bertz CT molecular complexity index is 1310. The first-order valence-electron chi connectivity index (χ1n) is 12.2. The smallest absolute Gasteiger partial charge is 0.416 e. The number of esters is 1. The van der Waals surface area contributed by atoms with Crippen LogP contribution in [0.2, 0.25) is 0 Å². The second-order valence-electron chi connectivity index (χ2n) is 9.14. The molecule has 1 aliphatic heterocycles. The zero-order chi connectivity index (χ0) is 28.2. The van der Waals surface area contributed by atoms with E-state index in [9.17, 15) is 27.6 Å². The van der Waals surface area contributed by atoms with Crippen molar-refractivity contribution >= 4 is 17.8 Å². The maximum absolute atomic E-state index is 13.5. The summed E-state index contributed by atoms with van der Waals surface area (Å²) in [7, 11) is 0. The van der Waals surface area contributed by atoms with Crippen LogP contribution in [-0.4, -0.2) is 51.0 Å². The van der Waals surface area contributed by atoms with Crippen LogP contribution >= 0.6 is 0 Å². The molecule has 2 aromatic carbocycles. The number of alkyl halides is 3. The van der Waals surface area contributed by atoms with Gasteiger partial charge in [-0.25, -0.2) is 4.98 Å². The van der Waals surface area contributed by atoms with Gasteiger partial charge in [-0.1, -0.05) is 42.5 Å². The van der Waals surface area contributed by atoms with Crippen LogP contribution in [-0.2, 0) is 44.7 Å². The Morgan fingerprint density at radius 3 is 2.46 bits per heavy atom. The number of aromatic amines is 1. The molecule has 1 aromatic heterocycles. The molecule has 0 saturated carbocycles. The third kappa shape index (κ3) is 6.82. The molecule has 0 aliphatic carbocycles. The number of carbonyl (C=O) groups is 3. The lowest BCUT2D eigenvalue weighted by atomic mass is 10.1. The van der Waals surface area contributed by atoms with Crippen LogP contribution in [0.5, 0.6) is 0 Å². The molecule has 2 heterocycles. The second kappa shape index (κ2) is 11.7. The van der Waals surface area contributed by atoms with Crippen molar-refractivity contribution in [3.8, 4) is 0 Å². The normalized spacial score (nSPS) is 18.0. The molecule has 3 N–H and O–H groups in total. The highest BCUT2D eigenvalue weighted by atomic mass is 19.4. The molecule has 0 bridgehead atoms. The molecule has 0 spiro atoms. The van der Waals surface area contributed by atoms with Crippen LogP contribution < -0.4 is 5.73 Å². The number of cyclic esters (lactones) is 1. The fraction of sp³-hybridized carbons (Fsp3) is 0.333. The highest BCUT2D eigenvalue weighted by molar-refractivity contribution is 5.96. The highest BCUT2D eigenvalue weighted by Crippen LogP contribution is 2.29. The van der Waals surface area contributed by atoms with E-state index >= 15 is 0 Å². The summed E-state index contributed by atoms with van der Waals surface area (Å²) in [6, 6.07) is 11.9. The van der Waals surface area contributed by atoms with E-state index in [-0.39, 0.29) is 18.7 Å². The first-order valence-corrected chi connectivity index (χ1v) is 12.2. The number of hydrogen-bond acceptors (Lipinski definition) is 6. The number of amides is 2. The standard InChI is InChI=1S/C27H27F3N4O5/c1-16(24(31)36)34(21-13-23(35)39-26(21)38-15-18-5-3-2-4-6-18)25(37)20-14-32-22(33-20)12-9-17-7-10-19(11-8-17)27(28,29)30/h2-8,10-11,14,16,21,26H,9,12-13,15H2,1H3,(H2,31,36)(H,32,33)/t16-,21?,26?/m0/s1. The third-order valence-corrected chi connectivity index (χ3v) is 6.40. The number of benzene rings is 2. The van der Waals surface area contributed by atoms with Gasteiger partial charge in [0.05, 0.1) is 18.6 Å². The lowest BCUT2D eigenvalue weighted by Crippen LogP contribution is -2.54. The molecule has 4 rings (SSSR count). The minimum absolute atomic E-state index is 0.0216. The molecule has 3 aromatic rings. The molecule has 2 amide bonds. The molecule has 39 heavy (non-hydrogen) atoms. The fourth-order valence-corrected chi connectivity index (χ4v) is 4.26. The number of aryl methyl sites for hydroxylation is 2. The monoisotopic (exact) mass is 544 g/mol. The largest absolute Gasteiger partial charge is 0.433 e. The average molecular weight is 545 g/mol. The number of H-pyrrole nitrogens is 1. The SMILES string of the molecule is C[C@@H](C(N)=O)N(C(=O)c1c[nH]c(CCc2ccc(C(F)(F)F)cc2)n1)C1CC(=O)OC1OCc1ccccc1. The van der Waals surface area contributed by atoms with E-state index in [1.807, 2.05) is 30.3 Å². The summed E-state index contributed by atoms with van der Waals surface area (Å²) in [5.41, 5.74) is 6.25. The van der Waals surface area contributed by atoms with Crippen LogP contribution in [0.15, 0.2) is 60.8 Å². The van der Waals surface area contributed by atoms with E-state index in [1.165, 1.54) is 25.3 Å². The number of nitrogens with two attached hydrogens (primary N) is 1. The summed E-state index contributed by atoms with van der Waals surface area (Å²) in [6.45, 7) is 1.55. The van der Waals surface area contributed by atoms with Gasteiger partial charge in [0.2, 0.25) is 12.2 Å². The average Bonchev–Trinajstić information content (AvgIpc) is 3.53. The summed E-state index contributed by atoms with van der Waals surface area (Å²) in [5.74, 6) is -1.62. The van der Waals surface area contributed by atoms with E-state index in [1.54, 1.807) is 0 Å². The van der Waals surface area contributed by atoms with Gasteiger partial charge in [0.15, 0.2) is 0 Å². The zero-order valence-corrected chi connectivity index (χ0v) is 21.0. The Balaban J connectivity index is 1.47. The Hall–Kier alpha value is -4.19. The fourth-order valence-electron chi connectivity index (χ4n) is 4.26. The van der Waals surface area contributed by atoms with Gasteiger partial charge in [-0.2, -0.15) is 13.2 Å². The number of ether oxygens (including phenoxy) is 2. The van der Waals surface area contributed by atoms with E-state index in [2.05, 4.69) is 9.97 Å². The second-order valence-corrected chi connectivity index (χ2v) is 9.14. The van der Waals surface area contributed by atoms with Crippen LogP contribution in [0.4, 0.5) is 13.2 Å². The first-order chi connectivity index (χ1) is 18.5. The van der Waals surface area contributed by atoms with Gasteiger partial charge >= 0.3 is 12.1 Å². The lowest BCUT2D eigenvalue weighted by molar-refractivity contribution is -0.171. The number of imidazole rings is 1. The van der Waals surface area contributed by atoms with Gasteiger partial charge in [0.25, 0.3) is 5.91 Å². The Morgan fingerprint density at radius 2 is 1.82 bits per heavy atom. The minimum atomic E-state index is -4.41. The maximum atomic E-state index is 13.5. The topological polar surface area (TPSA) is 128 Å². The molecule has 1 saturated heterocycles. The predicted octanol–water partition coefficient (Wildman–Crippen LogP) is 3.39. The summed E-state index contributed by atoms with van der Waals surface area (Å²) >= 11 is 0. The van der Waals surface area contributed by atoms with Gasteiger partial charge in [-0.3, -0.25) is 14.4 Å². The maximum Gasteiger partial charge on any atom is 0.416 e. The van der Waals surface area contributed by atoms with Crippen molar-refractivity contribution in [2.24, 2.45) is 5.73 Å². The molecule has 12 heteroatoms. The number of primary amides is 1. The number of nitrogens with one attached hydrogen (secondary N) is 1. The minimum Gasteiger partial charge on any atom is -0.433 e. The first kappa shape index (κ1) is 27.8. The summed E-state index contributed by atoms with van der Waals surface area (Å²) in [6.07, 6.45) is -3.68. The van der Waals surface area contributed by atoms with Crippen molar-refractivity contribution in [1.82, 2.24) is 14.9 Å². The summed E-state index contributed by atoms with van der Waals surface area (Å²) in [5, 5.41) is 0. The number of halogens is 3. The van der Waals surface area contributed by atoms with Crippen molar-refractivity contribution in [2.75, 3.05) is 0 Å². The third-order valence-electron chi connectivity index (χ3n) is 6.40. The van der Waals surface area contributed by atoms with Crippen molar-refractivity contribution in [1.29, 1.82) is 0 Å². The highest BCUT2D eigenvalue weighted by Gasteiger charge is 2.45. The van der Waals surface area contributed by atoms with Crippen LogP contribution in [0, 0.1) is 0 Å². The lowest BCUT2D eigenvalue weighted by Gasteiger charge is -2.33. The molecule has 2 unspecified atom stereocenters. The van der Waals surface area contributed by atoms with Crippen molar-refractivity contribution in [2.45, 2.75) is 57.3 Å². The van der Waals surface area contributed by atoms with Gasteiger partial charge in [0.1, 0.15) is 23.6 Å². The zero-order valence-electron chi connectivity index (χ0n) is 21.0. The molecule has 206 valence electrons. The molecule has 0 radical (unpaired) electrons. The Kier molecular flexibility index (Phi) is 8.34. The number of rotatable bonds is 10. The van der Waals surface area contributed by atoms with E-state index in [0.29, 0.717) is 24.2 Å². The molecule has 1 fully saturated rings. The Labute approximate surface area is 222 Å². The number of carbonyl (C=O) groups excluding carboxylic acids is 3. The predicted molar refractivity (Wildman–Crippen MR) is 132 cm³/mol. The van der Waals surface area contributed by atoms with Crippen LogP contribution in [0.25, 0.3) is 0 Å². The van der Waals surface area contributed by atoms with Crippen LogP contribution in [0.3, 0.4) is 0 Å². The van der Waals surface area contributed by atoms with Crippen molar-refractivity contribution in [3.63, 3.8) is 0 Å². The number of hydrogen-bond donors (Lipinski definition) is 2. The van der Waals surface area contributed by atoms with Gasteiger partial charge < -0.3 is 25.1 Å². The molecule has 9 nitrogen and oxygen atoms in total. The molecular weight excluding hydrogens is 517 g/mol. The Morgan fingerprint density at radius 1 is 1.13 bits per heavy atom. The molecular formula is C27H27F3N4O5. The number of nitrogens with zero attached hydrogens (tertiary/aromatic N) is 2. The van der Waals surface area contributed by atoms with Crippen molar-refractivity contribution in [3.05, 3.63) is 89.0 Å². The van der Waals surface area contributed by atoms with Gasteiger partial charge in [-0.15, -0.1) is 0 Å². The summed E-state index contributed by atoms with van der Waals surface area (Å²) in [4.78, 5) is 46.2. The van der Waals surface area contributed by atoms with Crippen molar-refractivity contribution < 1.29 is 37.0 Å². The van der Waals surface area contributed by atoms with E-state index in [4.69, 9.17) is 15.2 Å². The van der Waals surface area contributed by atoms with Crippen LogP contribution in [0.1, 0.15) is 46.3 Å². The van der Waals surface area contributed by atoms with Gasteiger partial charge in [-0.05, 0) is 36.6 Å². The van der Waals surface area contributed by atoms with E-state index < -0.39 is 47.9 Å². The number of aromatic nitrogens is 2. The summed E-state index contributed by atoms with van der Waals surface area (Å²) < 4.78 is 49.5. The molecule has 1 aliphatic rings. The van der Waals surface area contributed by atoms with Gasteiger partial charge in [0, 0.05) is 12.6 Å². The molecule has 3 atom stereocenters.